The van der Waals surface area contributed by atoms with Gasteiger partial charge in [0.15, 0.2) is 0 Å². The number of nitrogens with zero attached hydrogens (tertiary/aromatic N) is 3. The molecule has 3 aliphatic rings. The van der Waals surface area contributed by atoms with E-state index in [-0.39, 0.29) is 0 Å². The van der Waals surface area contributed by atoms with Crippen LogP contribution in [0.1, 0.15) is 96.3 Å². The van der Waals surface area contributed by atoms with Gasteiger partial charge in [-0.1, -0.05) is 57.8 Å². The summed E-state index contributed by atoms with van der Waals surface area (Å²) in [6.07, 6.45) is 19.5. The lowest BCUT2D eigenvalue weighted by Crippen LogP contribution is -2.26. The summed E-state index contributed by atoms with van der Waals surface area (Å²) in [6, 6.07) is 0.995. The molecule has 0 aromatic carbocycles. The molecule has 1 heterocycles. The molecule has 28 heavy (non-hydrogen) atoms. The van der Waals surface area contributed by atoms with E-state index in [4.69, 9.17) is 15.0 Å². The molecule has 3 fully saturated rings. The third-order valence-electron chi connectivity index (χ3n) is 6.38. The van der Waals surface area contributed by atoms with Crippen molar-refractivity contribution in [2.24, 2.45) is 0 Å². The lowest BCUT2D eigenvalue weighted by Gasteiger charge is -2.25. The molecule has 6 nitrogen and oxygen atoms in total. The lowest BCUT2D eigenvalue weighted by molar-refractivity contribution is 0.458. The highest BCUT2D eigenvalue weighted by Crippen LogP contribution is 2.29. The third kappa shape index (κ3) is 6.13. The van der Waals surface area contributed by atoms with Gasteiger partial charge in [0.25, 0.3) is 0 Å². The van der Waals surface area contributed by atoms with Crippen molar-refractivity contribution in [2.45, 2.75) is 114 Å². The lowest BCUT2D eigenvalue weighted by atomic mass is 9.96. The van der Waals surface area contributed by atoms with Gasteiger partial charge in [-0.15, -0.1) is 0 Å². The molecule has 0 aliphatic heterocycles. The highest BCUT2D eigenvalue weighted by Gasteiger charge is 2.19. The summed E-state index contributed by atoms with van der Waals surface area (Å²) < 4.78 is 3.44. The molecule has 0 unspecified atom stereocenters. The zero-order valence-corrected chi connectivity index (χ0v) is 17.9. The van der Waals surface area contributed by atoms with Crippen molar-refractivity contribution in [3.63, 3.8) is 0 Å². The molecule has 3 aliphatic carbocycles. The van der Waals surface area contributed by atoms with E-state index >= 15 is 0 Å². The van der Waals surface area contributed by atoms with Crippen LogP contribution in [-0.4, -0.2) is 32.3 Å². The monoisotopic (exact) mass is 404 g/mol. The molecule has 7 heteroatoms. The fourth-order valence-electron chi connectivity index (χ4n) is 4.73. The highest BCUT2D eigenvalue weighted by atomic mass is 32.2. The van der Waals surface area contributed by atoms with Crippen molar-refractivity contribution in [1.29, 1.82) is 0 Å². The first-order valence-corrected chi connectivity index (χ1v) is 12.4. The normalized spacial score (nSPS) is 22.7. The second kappa shape index (κ2) is 10.5. The maximum Gasteiger partial charge on any atom is 0.239 e. The minimum absolute atomic E-state index is 0.498. The van der Waals surface area contributed by atoms with Crippen LogP contribution in [-0.2, 0) is 0 Å². The molecule has 0 atom stereocenters. The zero-order chi connectivity index (χ0) is 19.0. The Morgan fingerprint density at radius 1 is 0.536 bits per heavy atom. The van der Waals surface area contributed by atoms with Gasteiger partial charge >= 0.3 is 0 Å². The molecule has 0 spiro atoms. The van der Waals surface area contributed by atoms with Gasteiger partial charge in [0, 0.05) is 17.3 Å². The Bertz CT molecular complexity index is 556. The van der Waals surface area contributed by atoms with Crippen LogP contribution in [0.2, 0.25) is 0 Å². The molecule has 0 bridgehead atoms. The molecule has 1 aromatic rings. The van der Waals surface area contributed by atoms with Crippen molar-refractivity contribution in [3.05, 3.63) is 0 Å². The Hall–Kier alpha value is -1.24. The quantitative estimate of drug-likeness (QED) is 0.499. The van der Waals surface area contributed by atoms with Crippen LogP contribution >= 0.6 is 11.9 Å². The number of nitrogens with one attached hydrogen (secondary N) is 3. The fraction of sp³-hybridized carbons (Fsp3) is 0.857. The molecule has 0 amide bonds. The minimum atomic E-state index is 0.498. The van der Waals surface area contributed by atoms with E-state index in [1.165, 1.54) is 96.3 Å². The van der Waals surface area contributed by atoms with Gasteiger partial charge in [-0.05, 0) is 50.5 Å². The largest absolute Gasteiger partial charge is 0.351 e. The van der Waals surface area contributed by atoms with Gasteiger partial charge < -0.3 is 10.6 Å². The molecular weight excluding hydrogens is 368 g/mol. The van der Waals surface area contributed by atoms with Crippen LogP contribution in [0, 0.1) is 0 Å². The maximum absolute atomic E-state index is 4.72. The Labute approximate surface area is 174 Å². The first-order valence-electron chi connectivity index (χ1n) is 11.6. The van der Waals surface area contributed by atoms with Gasteiger partial charge in [-0.25, -0.2) is 0 Å². The maximum atomic E-state index is 4.72. The molecule has 0 saturated heterocycles. The summed E-state index contributed by atoms with van der Waals surface area (Å²) in [5.74, 6) is 2.15. The van der Waals surface area contributed by atoms with Crippen molar-refractivity contribution >= 4 is 29.8 Å². The van der Waals surface area contributed by atoms with Crippen LogP contribution in [0.15, 0.2) is 0 Å². The Kier molecular flexibility index (Phi) is 7.53. The first-order chi connectivity index (χ1) is 13.8. The highest BCUT2D eigenvalue weighted by molar-refractivity contribution is 8.01. The number of anilines is 3. The summed E-state index contributed by atoms with van der Waals surface area (Å²) in [7, 11) is 0. The standard InChI is InChI=1S/C21H36N6S/c1-4-10-16(11-5-1)22-19-24-20(23-17-12-6-2-7-13-17)26-21(25-19)27-28-18-14-8-3-9-15-18/h16-18H,1-15H2,(H3,22,23,24,25,26,27). The number of hydrogen-bond donors (Lipinski definition) is 3. The molecule has 0 radical (unpaired) electrons. The smallest absolute Gasteiger partial charge is 0.239 e. The summed E-state index contributed by atoms with van der Waals surface area (Å²) in [5, 5.41) is 7.85. The Balaban J connectivity index is 1.42. The van der Waals surface area contributed by atoms with E-state index in [2.05, 4.69) is 15.4 Å². The predicted molar refractivity (Wildman–Crippen MR) is 119 cm³/mol. The summed E-state index contributed by atoms with van der Waals surface area (Å²) in [6.45, 7) is 0. The van der Waals surface area contributed by atoms with Crippen LogP contribution in [0.25, 0.3) is 0 Å². The van der Waals surface area contributed by atoms with E-state index in [0.29, 0.717) is 23.3 Å². The second-order valence-electron chi connectivity index (χ2n) is 8.74. The van der Waals surface area contributed by atoms with Gasteiger partial charge in [0.1, 0.15) is 0 Å². The second-order valence-corrected chi connectivity index (χ2v) is 9.85. The Morgan fingerprint density at radius 2 is 0.964 bits per heavy atom. The summed E-state index contributed by atoms with van der Waals surface area (Å²) >= 11 is 1.80. The molecule has 4 rings (SSSR count). The van der Waals surface area contributed by atoms with Crippen molar-refractivity contribution in [2.75, 3.05) is 15.4 Å². The van der Waals surface area contributed by atoms with Gasteiger partial charge in [-0.3, -0.25) is 4.72 Å². The van der Waals surface area contributed by atoms with Gasteiger partial charge in [0.05, 0.1) is 0 Å². The van der Waals surface area contributed by atoms with Crippen LogP contribution in [0.4, 0.5) is 17.8 Å². The molecule has 3 N–H and O–H groups in total. The number of rotatable bonds is 7. The average Bonchev–Trinajstić information content (AvgIpc) is 2.74. The van der Waals surface area contributed by atoms with E-state index in [9.17, 15) is 0 Å². The molecular formula is C21H36N6S. The molecule has 156 valence electrons. The summed E-state index contributed by atoms with van der Waals surface area (Å²) in [4.78, 5) is 14.1. The van der Waals surface area contributed by atoms with Crippen LogP contribution in [0.5, 0.6) is 0 Å². The van der Waals surface area contributed by atoms with E-state index in [1.807, 2.05) is 0 Å². The van der Waals surface area contributed by atoms with E-state index in [0.717, 1.165) is 11.9 Å². The molecule has 3 saturated carbocycles. The minimum Gasteiger partial charge on any atom is -0.351 e. The summed E-state index contributed by atoms with van der Waals surface area (Å²) in [5.41, 5.74) is 0. The van der Waals surface area contributed by atoms with Crippen molar-refractivity contribution in [3.8, 4) is 0 Å². The first kappa shape index (κ1) is 20.0. The van der Waals surface area contributed by atoms with Crippen LogP contribution < -0.4 is 15.4 Å². The third-order valence-corrected chi connectivity index (χ3v) is 7.49. The topological polar surface area (TPSA) is 74.8 Å². The molecule has 1 aromatic heterocycles. The average molecular weight is 405 g/mol. The Morgan fingerprint density at radius 3 is 1.46 bits per heavy atom. The van der Waals surface area contributed by atoms with E-state index in [1.54, 1.807) is 11.9 Å². The number of hydrogen-bond acceptors (Lipinski definition) is 7. The zero-order valence-electron chi connectivity index (χ0n) is 17.1. The predicted octanol–water partition coefficient (Wildman–Crippen LogP) is 5.75. The number of aromatic nitrogens is 3. The van der Waals surface area contributed by atoms with E-state index < -0.39 is 0 Å². The van der Waals surface area contributed by atoms with Crippen molar-refractivity contribution < 1.29 is 0 Å². The van der Waals surface area contributed by atoms with Gasteiger partial charge in [-0.2, -0.15) is 15.0 Å². The van der Waals surface area contributed by atoms with Gasteiger partial charge in [0.2, 0.25) is 17.8 Å². The fourth-order valence-corrected chi connectivity index (χ4v) is 5.66. The van der Waals surface area contributed by atoms with Crippen LogP contribution in [0.3, 0.4) is 0 Å². The van der Waals surface area contributed by atoms with Crippen molar-refractivity contribution in [1.82, 2.24) is 15.0 Å². The SMILES string of the molecule is C1CCC(Nc2nc(NSC3CCCCC3)nc(NC3CCCCC3)n2)CC1.